The van der Waals surface area contributed by atoms with Gasteiger partial charge >= 0.3 is 5.69 Å². The highest BCUT2D eigenvalue weighted by Crippen LogP contribution is 1.91. The van der Waals surface area contributed by atoms with Crippen LogP contribution in [-0.4, -0.2) is 9.55 Å². The first-order valence-electron chi connectivity index (χ1n) is 3.35. The van der Waals surface area contributed by atoms with Crippen molar-refractivity contribution in [2.45, 2.75) is 6.54 Å². The summed E-state index contributed by atoms with van der Waals surface area (Å²) in [7, 11) is 0. The average molecular weight is 167 g/mol. The fourth-order valence-electron chi connectivity index (χ4n) is 0.856. The predicted octanol–water partition coefficient (Wildman–Crippen LogP) is -0.695. The third kappa shape index (κ3) is 1.45. The minimum Gasteiger partial charge on any atom is -0.385 e. The molecule has 0 amide bonds. The number of hydrogen-bond donors (Lipinski definition) is 2. The van der Waals surface area contributed by atoms with Crippen LogP contribution in [0.25, 0.3) is 0 Å². The van der Waals surface area contributed by atoms with Gasteiger partial charge in [0.2, 0.25) is 0 Å². The Kier molecular flexibility index (Phi) is 2.14. The SMILES string of the molecule is C=CCn1c(N)cc(=O)[nH]c1=O. The largest absolute Gasteiger partial charge is 0.385 e. The Labute approximate surface area is 68.1 Å². The van der Waals surface area contributed by atoms with Crippen molar-refractivity contribution in [2.75, 3.05) is 5.73 Å². The molecule has 0 saturated carbocycles. The molecule has 0 spiro atoms. The number of nitrogens with one attached hydrogen (secondary N) is 1. The molecule has 12 heavy (non-hydrogen) atoms. The standard InChI is InChI=1S/C7H9N3O2/c1-2-3-10-5(8)4-6(11)9-7(10)12/h2,4H,1,3,8H2,(H,9,11,12). The lowest BCUT2D eigenvalue weighted by atomic mass is 10.5. The molecule has 0 aliphatic carbocycles. The molecule has 0 radical (unpaired) electrons. The number of nitrogen functional groups attached to an aromatic ring is 1. The summed E-state index contributed by atoms with van der Waals surface area (Å²) in [4.78, 5) is 23.8. The number of nitrogens with zero attached hydrogens (tertiary/aromatic N) is 1. The van der Waals surface area contributed by atoms with Crippen molar-refractivity contribution >= 4 is 5.82 Å². The van der Waals surface area contributed by atoms with Crippen LogP contribution in [0.4, 0.5) is 5.82 Å². The maximum absolute atomic E-state index is 11.0. The van der Waals surface area contributed by atoms with E-state index in [1.165, 1.54) is 10.6 Å². The Balaban J connectivity index is 3.38. The van der Waals surface area contributed by atoms with E-state index in [-0.39, 0.29) is 5.82 Å². The minimum absolute atomic E-state index is 0.142. The Morgan fingerprint density at radius 1 is 1.67 bits per heavy atom. The van der Waals surface area contributed by atoms with Crippen LogP contribution in [0.3, 0.4) is 0 Å². The zero-order valence-corrected chi connectivity index (χ0v) is 6.41. The summed E-state index contributed by atoms with van der Waals surface area (Å²) >= 11 is 0. The van der Waals surface area contributed by atoms with Crippen LogP contribution >= 0.6 is 0 Å². The quantitative estimate of drug-likeness (QED) is 0.572. The summed E-state index contributed by atoms with van der Waals surface area (Å²) in [6.45, 7) is 3.75. The zero-order valence-electron chi connectivity index (χ0n) is 6.41. The van der Waals surface area contributed by atoms with E-state index in [1.807, 2.05) is 0 Å². The van der Waals surface area contributed by atoms with Crippen LogP contribution in [0.1, 0.15) is 0 Å². The predicted molar refractivity (Wildman–Crippen MR) is 45.9 cm³/mol. The number of aromatic amines is 1. The Bertz CT molecular complexity index is 402. The van der Waals surface area contributed by atoms with Gasteiger partial charge in [0.25, 0.3) is 5.56 Å². The van der Waals surface area contributed by atoms with E-state index in [4.69, 9.17) is 5.73 Å². The van der Waals surface area contributed by atoms with Gasteiger partial charge in [0.1, 0.15) is 5.82 Å². The second kappa shape index (κ2) is 3.08. The van der Waals surface area contributed by atoms with Gasteiger partial charge in [-0.2, -0.15) is 0 Å². The van der Waals surface area contributed by atoms with Gasteiger partial charge in [0.15, 0.2) is 0 Å². The van der Waals surface area contributed by atoms with Crippen LogP contribution in [0.15, 0.2) is 28.3 Å². The molecule has 0 unspecified atom stereocenters. The zero-order chi connectivity index (χ0) is 9.14. The van der Waals surface area contributed by atoms with Crippen molar-refractivity contribution in [3.8, 4) is 0 Å². The van der Waals surface area contributed by atoms with Gasteiger partial charge in [-0.05, 0) is 0 Å². The second-order valence-corrected chi connectivity index (χ2v) is 2.26. The molecule has 0 aromatic carbocycles. The van der Waals surface area contributed by atoms with Crippen molar-refractivity contribution < 1.29 is 0 Å². The fourth-order valence-corrected chi connectivity index (χ4v) is 0.856. The lowest BCUT2D eigenvalue weighted by molar-refractivity contribution is 0.750. The highest BCUT2D eigenvalue weighted by Gasteiger charge is 1.98. The molecule has 1 aromatic rings. The number of nitrogens with two attached hydrogens (primary N) is 1. The van der Waals surface area contributed by atoms with Gasteiger partial charge in [-0.15, -0.1) is 6.58 Å². The fraction of sp³-hybridized carbons (Fsp3) is 0.143. The van der Waals surface area contributed by atoms with E-state index >= 15 is 0 Å². The number of hydrogen-bond acceptors (Lipinski definition) is 3. The van der Waals surface area contributed by atoms with Gasteiger partial charge in [0, 0.05) is 12.6 Å². The molecule has 64 valence electrons. The summed E-state index contributed by atoms with van der Waals surface area (Å²) in [5, 5.41) is 0. The van der Waals surface area contributed by atoms with E-state index in [0.717, 1.165) is 6.07 Å². The molecule has 0 saturated heterocycles. The molecule has 1 heterocycles. The average Bonchev–Trinajstić information content (AvgIpc) is 1.96. The number of allylic oxidation sites excluding steroid dienone is 1. The molecule has 0 fully saturated rings. The number of aromatic nitrogens is 2. The van der Waals surface area contributed by atoms with E-state index in [2.05, 4.69) is 11.6 Å². The topological polar surface area (TPSA) is 80.9 Å². The summed E-state index contributed by atoms with van der Waals surface area (Å²) < 4.78 is 1.22. The molecule has 0 aliphatic rings. The Morgan fingerprint density at radius 2 is 2.33 bits per heavy atom. The van der Waals surface area contributed by atoms with Crippen LogP contribution in [-0.2, 0) is 6.54 Å². The molecular formula is C7H9N3O2. The first kappa shape index (κ1) is 8.32. The third-order valence-electron chi connectivity index (χ3n) is 1.38. The maximum Gasteiger partial charge on any atom is 0.330 e. The molecule has 0 aliphatic heterocycles. The Hall–Kier alpha value is -1.78. The highest BCUT2D eigenvalue weighted by molar-refractivity contribution is 5.26. The van der Waals surface area contributed by atoms with Crippen LogP contribution in [0, 0.1) is 0 Å². The lowest BCUT2D eigenvalue weighted by Gasteiger charge is -2.03. The number of rotatable bonds is 2. The van der Waals surface area contributed by atoms with Crippen molar-refractivity contribution in [2.24, 2.45) is 0 Å². The molecule has 5 nitrogen and oxygen atoms in total. The van der Waals surface area contributed by atoms with E-state index in [9.17, 15) is 9.59 Å². The lowest BCUT2D eigenvalue weighted by Crippen LogP contribution is -2.30. The first-order valence-corrected chi connectivity index (χ1v) is 3.35. The van der Waals surface area contributed by atoms with Gasteiger partial charge in [0.05, 0.1) is 0 Å². The van der Waals surface area contributed by atoms with Gasteiger partial charge < -0.3 is 5.73 Å². The molecule has 5 heteroatoms. The smallest absolute Gasteiger partial charge is 0.330 e. The third-order valence-corrected chi connectivity index (χ3v) is 1.38. The van der Waals surface area contributed by atoms with Crippen molar-refractivity contribution in [3.05, 3.63) is 39.6 Å². The normalized spacial score (nSPS) is 9.67. The molecule has 0 atom stereocenters. The summed E-state index contributed by atoms with van der Waals surface area (Å²) in [6.07, 6.45) is 1.52. The maximum atomic E-state index is 11.0. The monoisotopic (exact) mass is 167 g/mol. The van der Waals surface area contributed by atoms with Crippen LogP contribution in [0.5, 0.6) is 0 Å². The molecule has 0 bridgehead atoms. The second-order valence-electron chi connectivity index (χ2n) is 2.26. The first-order chi connectivity index (χ1) is 5.65. The number of H-pyrrole nitrogens is 1. The van der Waals surface area contributed by atoms with Crippen LogP contribution in [0.2, 0.25) is 0 Å². The molecular weight excluding hydrogens is 158 g/mol. The minimum atomic E-state index is -0.514. The summed E-state index contributed by atoms with van der Waals surface area (Å²) in [5.41, 5.74) is 4.40. The van der Waals surface area contributed by atoms with Crippen molar-refractivity contribution in [3.63, 3.8) is 0 Å². The molecule has 1 aromatic heterocycles. The van der Waals surface area contributed by atoms with E-state index in [1.54, 1.807) is 0 Å². The summed E-state index contributed by atoms with van der Waals surface area (Å²) in [5.74, 6) is 0.142. The molecule has 3 N–H and O–H groups in total. The van der Waals surface area contributed by atoms with Crippen LogP contribution < -0.4 is 17.0 Å². The van der Waals surface area contributed by atoms with Gasteiger partial charge in [-0.25, -0.2) is 4.79 Å². The van der Waals surface area contributed by atoms with Gasteiger partial charge in [-0.3, -0.25) is 14.3 Å². The van der Waals surface area contributed by atoms with E-state index < -0.39 is 11.2 Å². The van der Waals surface area contributed by atoms with Gasteiger partial charge in [-0.1, -0.05) is 6.08 Å². The van der Waals surface area contributed by atoms with E-state index in [0.29, 0.717) is 6.54 Å². The van der Waals surface area contributed by atoms with Crippen molar-refractivity contribution in [1.82, 2.24) is 9.55 Å². The summed E-state index contributed by atoms with van der Waals surface area (Å²) in [6, 6.07) is 1.16. The number of anilines is 1. The van der Waals surface area contributed by atoms with Crippen molar-refractivity contribution in [1.29, 1.82) is 0 Å². The Morgan fingerprint density at radius 3 is 2.83 bits per heavy atom. The molecule has 1 rings (SSSR count). The highest BCUT2D eigenvalue weighted by atomic mass is 16.2.